The number of rotatable bonds is 5. The molecule has 0 spiro atoms. The van der Waals surface area contributed by atoms with E-state index in [0.717, 1.165) is 30.1 Å². The first kappa shape index (κ1) is 16.8. The molecule has 0 amide bonds. The minimum absolute atomic E-state index is 0.167. The van der Waals surface area contributed by atoms with Gasteiger partial charge in [0.15, 0.2) is 0 Å². The van der Waals surface area contributed by atoms with Crippen molar-refractivity contribution in [2.24, 2.45) is 12.5 Å². The lowest BCUT2D eigenvalue weighted by molar-refractivity contribution is 0.240. The van der Waals surface area contributed by atoms with E-state index in [1.54, 1.807) is 0 Å². The van der Waals surface area contributed by atoms with E-state index >= 15 is 0 Å². The summed E-state index contributed by atoms with van der Waals surface area (Å²) < 4.78 is 2.00. The fraction of sp³-hybridized carbons (Fsp3) is 0.824. The normalized spacial score (nSPS) is 18.4. The standard InChI is InChI=1S/C17H30ClN3/c1-6-13-15(18)14(21(5)20-13)11-17(9-7-8-10-17)12-19-16(2,3)4/h19H,6-12H2,1-5H3. The molecule has 1 aromatic heterocycles. The molecule has 0 radical (unpaired) electrons. The maximum Gasteiger partial charge on any atom is 0.0849 e. The van der Waals surface area contributed by atoms with Crippen molar-refractivity contribution in [3.05, 3.63) is 16.4 Å². The van der Waals surface area contributed by atoms with Crippen LogP contribution >= 0.6 is 11.6 Å². The summed E-state index contributed by atoms with van der Waals surface area (Å²) in [6, 6.07) is 0. The second kappa shape index (κ2) is 6.29. The highest BCUT2D eigenvalue weighted by molar-refractivity contribution is 6.31. The topological polar surface area (TPSA) is 29.9 Å². The highest BCUT2D eigenvalue weighted by Gasteiger charge is 2.36. The second-order valence-electron chi connectivity index (χ2n) is 7.67. The molecule has 1 fully saturated rings. The van der Waals surface area contributed by atoms with Crippen LogP contribution < -0.4 is 5.32 Å². The fourth-order valence-electron chi connectivity index (χ4n) is 3.36. The van der Waals surface area contributed by atoms with E-state index in [1.807, 2.05) is 11.7 Å². The van der Waals surface area contributed by atoms with Crippen molar-refractivity contribution < 1.29 is 0 Å². The summed E-state index contributed by atoms with van der Waals surface area (Å²) in [6.07, 6.45) is 7.19. The van der Waals surface area contributed by atoms with Crippen LogP contribution in [0.2, 0.25) is 5.02 Å². The van der Waals surface area contributed by atoms with Gasteiger partial charge in [0, 0.05) is 19.1 Å². The van der Waals surface area contributed by atoms with Crippen molar-refractivity contribution in [1.82, 2.24) is 15.1 Å². The van der Waals surface area contributed by atoms with Crippen LogP contribution in [-0.4, -0.2) is 21.9 Å². The van der Waals surface area contributed by atoms with Crippen molar-refractivity contribution in [1.29, 1.82) is 0 Å². The molecule has 1 aliphatic carbocycles. The number of hydrogen-bond acceptors (Lipinski definition) is 2. The Labute approximate surface area is 134 Å². The molecule has 120 valence electrons. The first-order valence-electron chi connectivity index (χ1n) is 8.22. The van der Waals surface area contributed by atoms with Gasteiger partial charge in [-0.25, -0.2) is 0 Å². The number of nitrogens with one attached hydrogen (secondary N) is 1. The average Bonchev–Trinajstić information content (AvgIpc) is 2.96. The Morgan fingerprint density at radius 1 is 1.29 bits per heavy atom. The first-order chi connectivity index (χ1) is 9.76. The fourth-order valence-corrected chi connectivity index (χ4v) is 3.72. The van der Waals surface area contributed by atoms with Gasteiger partial charge in [-0.1, -0.05) is 31.4 Å². The van der Waals surface area contributed by atoms with Crippen molar-refractivity contribution in [3.63, 3.8) is 0 Å². The highest BCUT2D eigenvalue weighted by Crippen LogP contribution is 2.42. The maximum atomic E-state index is 6.56. The third-order valence-electron chi connectivity index (χ3n) is 4.70. The number of nitrogens with zero attached hydrogens (tertiary/aromatic N) is 2. The van der Waals surface area contributed by atoms with Gasteiger partial charge in [-0.2, -0.15) is 5.10 Å². The third kappa shape index (κ3) is 4.01. The van der Waals surface area contributed by atoms with Gasteiger partial charge in [0.25, 0.3) is 0 Å². The average molecular weight is 312 g/mol. The van der Waals surface area contributed by atoms with Crippen LogP contribution in [0.4, 0.5) is 0 Å². The van der Waals surface area contributed by atoms with E-state index in [0.29, 0.717) is 5.41 Å². The minimum atomic E-state index is 0.167. The molecule has 1 aliphatic rings. The molecule has 0 aromatic carbocycles. The molecule has 4 heteroatoms. The van der Waals surface area contributed by atoms with Gasteiger partial charge in [0.2, 0.25) is 0 Å². The van der Waals surface area contributed by atoms with Crippen LogP contribution in [0.15, 0.2) is 0 Å². The van der Waals surface area contributed by atoms with Gasteiger partial charge in [0.1, 0.15) is 0 Å². The van der Waals surface area contributed by atoms with E-state index < -0.39 is 0 Å². The van der Waals surface area contributed by atoms with E-state index in [9.17, 15) is 0 Å². The SMILES string of the molecule is CCc1nn(C)c(CC2(CNC(C)(C)C)CCCC2)c1Cl. The molecule has 1 heterocycles. The third-order valence-corrected chi connectivity index (χ3v) is 5.14. The number of hydrogen-bond donors (Lipinski definition) is 1. The lowest BCUT2D eigenvalue weighted by Crippen LogP contribution is -2.44. The molecular formula is C17H30ClN3. The summed E-state index contributed by atoms with van der Waals surface area (Å²) in [7, 11) is 2.03. The molecule has 0 unspecified atom stereocenters. The summed E-state index contributed by atoms with van der Waals surface area (Å²) in [6.45, 7) is 9.90. The molecule has 21 heavy (non-hydrogen) atoms. The molecule has 3 nitrogen and oxygen atoms in total. The van der Waals surface area contributed by atoms with Crippen LogP contribution in [0.25, 0.3) is 0 Å². The highest BCUT2D eigenvalue weighted by atomic mass is 35.5. The Morgan fingerprint density at radius 3 is 2.38 bits per heavy atom. The summed E-state index contributed by atoms with van der Waals surface area (Å²) >= 11 is 6.56. The smallest absolute Gasteiger partial charge is 0.0849 e. The number of halogens is 1. The first-order valence-corrected chi connectivity index (χ1v) is 8.59. The molecule has 0 bridgehead atoms. The zero-order valence-electron chi connectivity index (χ0n) is 14.2. The molecule has 1 aromatic rings. The van der Waals surface area contributed by atoms with Gasteiger partial charge in [0.05, 0.1) is 16.4 Å². The van der Waals surface area contributed by atoms with Crippen LogP contribution in [-0.2, 0) is 19.9 Å². The lowest BCUT2D eigenvalue weighted by atomic mass is 9.80. The monoisotopic (exact) mass is 311 g/mol. The quantitative estimate of drug-likeness (QED) is 0.886. The predicted octanol–water partition coefficient (Wildman–Crippen LogP) is 4.13. The van der Waals surface area contributed by atoms with Crippen molar-refractivity contribution >= 4 is 11.6 Å². The molecule has 1 N–H and O–H groups in total. The number of aromatic nitrogens is 2. The van der Waals surface area contributed by atoms with Gasteiger partial charge < -0.3 is 5.32 Å². The lowest BCUT2D eigenvalue weighted by Gasteiger charge is -2.33. The van der Waals surface area contributed by atoms with Crippen molar-refractivity contribution in [2.45, 2.75) is 71.8 Å². The zero-order chi connectivity index (χ0) is 15.7. The summed E-state index contributed by atoms with van der Waals surface area (Å²) in [5, 5.41) is 9.18. The van der Waals surface area contributed by atoms with Crippen LogP contribution in [0.3, 0.4) is 0 Å². The summed E-state index contributed by atoms with van der Waals surface area (Å²) in [4.78, 5) is 0. The molecule has 2 rings (SSSR count). The van der Waals surface area contributed by atoms with E-state index in [-0.39, 0.29) is 5.54 Å². The van der Waals surface area contributed by atoms with Crippen LogP contribution in [0, 0.1) is 5.41 Å². The predicted molar refractivity (Wildman–Crippen MR) is 90.0 cm³/mol. The molecule has 0 atom stereocenters. The Bertz CT molecular complexity index is 479. The molecule has 0 saturated heterocycles. The Hall–Kier alpha value is -0.540. The van der Waals surface area contributed by atoms with Crippen LogP contribution in [0.1, 0.15) is 64.8 Å². The van der Waals surface area contributed by atoms with Gasteiger partial charge in [-0.05, 0) is 51.9 Å². The largest absolute Gasteiger partial charge is 0.312 e. The molecule has 0 aliphatic heterocycles. The second-order valence-corrected chi connectivity index (χ2v) is 8.05. The van der Waals surface area contributed by atoms with Gasteiger partial charge in [-0.3, -0.25) is 4.68 Å². The minimum Gasteiger partial charge on any atom is -0.312 e. The Morgan fingerprint density at radius 2 is 1.90 bits per heavy atom. The molecule has 1 saturated carbocycles. The number of aryl methyl sites for hydroxylation is 2. The summed E-state index contributed by atoms with van der Waals surface area (Å²) in [5.41, 5.74) is 2.76. The van der Waals surface area contributed by atoms with E-state index in [2.05, 4.69) is 38.1 Å². The summed E-state index contributed by atoms with van der Waals surface area (Å²) in [5.74, 6) is 0. The van der Waals surface area contributed by atoms with Gasteiger partial charge in [-0.15, -0.1) is 0 Å². The van der Waals surface area contributed by atoms with Crippen LogP contribution in [0.5, 0.6) is 0 Å². The maximum absolute atomic E-state index is 6.56. The van der Waals surface area contributed by atoms with Crippen molar-refractivity contribution in [3.8, 4) is 0 Å². The Balaban J connectivity index is 2.18. The molecular weight excluding hydrogens is 282 g/mol. The van der Waals surface area contributed by atoms with E-state index in [4.69, 9.17) is 11.6 Å². The van der Waals surface area contributed by atoms with Crippen molar-refractivity contribution in [2.75, 3.05) is 6.54 Å². The Kier molecular flexibility index (Phi) is 5.04. The van der Waals surface area contributed by atoms with Gasteiger partial charge >= 0.3 is 0 Å². The van der Waals surface area contributed by atoms with E-state index in [1.165, 1.54) is 31.4 Å². The zero-order valence-corrected chi connectivity index (χ0v) is 15.0.